The molecule has 3 nitrogen and oxygen atoms in total. The third-order valence-electron chi connectivity index (χ3n) is 2.07. The number of anilines is 1. The summed E-state index contributed by atoms with van der Waals surface area (Å²) in [6.45, 7) is 1.92. The Bertz CT molecular complexity index is 507. The van der Waals surface area contributed by atoms with Gasteiger partial charge >= 0.3 is 0 Å². The predicted octanol–water partition coefficient (Wildman–Crippen LogP) is 3.31. The molecule has 2 heterocycles. The molecule has 0 saturated carbocycles. The highest BCUT2D eigenvalue weighted by Gasteiger charge is 2.10. The Kier molecular flexibility index (Phi) is 3.55. The number of amides is 1. The number of thiophene rings is 1. The molecule has 0 aliphatic carbocycles. The molecule has 1 amide bonds. The van der Waals surface area contributed by atoms with Crippen LogP contribution in [0.15, 0.2) is 29.1 Å². The van der Waals surface area contributed by atoms with E-state index in [9.17, 15) is 4.79 Å². The molecular weight excluding hydrogens is 335 g/mol. The monoisotopic (exact) mass is 344 g/mol. The van der Waals surface area contributed by atoms with Gasteiger partial charge in [0.1, 0.15) is 5.82 Å². The van der Waals surface area contributed by atoms with E-state index in [0.717, 1.165) is 9.13 Å². The number of carbonyl (C=O) groups excluding carboxylic acids is 1. The Morgan fingerprint density at radius 3 is 2.81 bits per heavy atom. The first-order valence-corrected chi connectivity index (χ1v) is 6.64. The van der Waals surface area contributed by atoms with Gasteiger partial charge in [-0.15, -0.1) is 0 Å². The average Bonchev–Trinajstić information content (AvgIpc) is 2.68. The first-order valence-electron chi connectivity index (χ1n) is 4.62. The summed E-state index contributed by atoms with van der Waals surface area (Å²) in [5, 5.41) is 6.56. The van der Waals surface area contributed by atoms with Crippen molar-refractivity contribution >= 4 is 45.7 Å². The zero-order valence-corrected chi connectivity index (χ0v) is 11.5. The summed E-state index contributed by atoms with van der Waals surface area (Å²) in [5.74, 6) is 0.475. The maximum atomic E-state index is 11.8. The van der Waals surface area contributed by atoms with Gasteiger partial charge in [0.05, 0.1) is 5.56 Å². The van der Waals surface area contributed by atoms with Crippen LogP contribution in [-0.4, -0.2) is 10.9 Å². The Balaban J connectivity index is 2.14. The normalized spacial score (nSPS) is 10.1. The SMILES string of the molecule is Cc1cscc1C(=O)Nc1ccc(I)cn1. The van der Waals surface area contributed by atoms with E-state index in [1.54, 1.807) is 12.3 Å². The lowest BCUT2D eigenvalue weighted by atomic mass is 10.2. The number of nitrogens with one attached hydrogen (secondary N) is 1. The molecule has 0 radical (unpaired) electrons. The third kappa shape index (κ3) is 2.59. The smallest absolute Gasteiger partial charge is 0.257 e. The lowest BCUT2D eigenvalue weighted by Crippen LogP contribution is -2.12. The van der Waals surface area contributed by atoms with Crippen LogP contribution in [0.1, 0.15) is 15.9 Å². The van der Waals surface area contributed by atoms with Crippen LogP contribution in [0.4, 0.5) is 5.82 Å². The fourth-order valence-electron chi connectivity index (χ4n) is 1.23. The van der Waals surface area contributed by atoms with Crippen molar-refractivity contribution in [3.63, 3.8) is 0 Å². The molecule has 0 aliphatic heterocycles. The molecule has 0 fully saturated rings. The molecule has 0 atom stereocenters. The van der Waals surface area contributed by atoms with Crippen molar-refractivity contribution in [3.05, 3.63) is 43.8 Å². The minimum absolute atomic E-state index is 0.104. The van der Waals surface area contributed by atoms with Crippen molar-refractivity contribution in [2.24, 2.45) is 0 Å². The summed E-state index contributed by atoms with van der Waals surface area (Å²) in [4.78, 5) is 16.0. The predicted molar refractivity (Wildman–Crippen MR) is 74.0 cm³/mol. The number of aryl methyl sites for hydroxylation is 1. The van der Waals surface area contributed by atoms with Crippen molar-refractivity contribution in [2.45, 2.75) is 6.92 Å². The van der Waals surface area contributed by atoms with E-state index in [1.807, 2.05) is 23.8 Å². The number of hydrogen-bond donors (Lipinski definition) is 1. The lowest BCUT2D eigenvalue weighted by Gasteiger charge is -2.03. The minimum Gasteiger partial charge on any atom is -0.307 e. The van der Waals surface area contributed by atoms with E-state index in [2.05, 4.69) is 32.9 Å². The summed E-state index contributed by atoms with van der Waals surface area (Å²) in [6, 6.07) is 3.70. The van der Waals surface area contributed by atoms with Crippen LogP contribution in [0, 0.1) is 10.5 Å². The molecule has 5 heteroatoms. The van der Waals surface area contributed by atoms with Crippen LogP contribution >= 0.6 is 33.9 Å². The summed E-state index contributed by atoms with van der Waals surface area (Å²) in [7, 11) is 0. The maximum absolute atomic E-state index is 11.8. The maximum Gasteiger partial charge on any atom is 0.257 e. The Morgan fingerprint density at radius 1 is 1.44 bits per heavy atom. The molecule has 1 N–H and O–H groups in total. The first kappa shape index (κ1) is 11.5. The Hall–Kier alpha value is -0.950. The molecule has 82 valence electrons. The molecule has 0 spiro atoms. The van der Waals surface area contributed by atoms with Gasteiger partial charge in [-0.3, -0.25) is 4.79 Å². The van der Waals surface area contributed by atoms with Crippen molar-refractivity contribution in [3.8, 4) is 0 Å². The topological polar surface area (TPSA) is 42.0 Å². The van der Waals surface area contributed by atoms with E-state index >= 15 is 0 Å². The molecule has 16 heavy (non-hydrogen) atoms. The number of nitrogens with zero attached hydrogens (tertiary/aromatic N) is 1. The van der Waals surface area contributed by atoms with Gasteiger partial charge in [0.15, 0.2) is 0 Å². The van der Waals surface area contributed by atoms with Gasteiger partial charge in [-0.1, -0.05) is 0 Å². The fraction of sp³-hybridized carbons (Fsp3) is 0.0909. The van der Waals surface area contributed by atoms with Crippen LogP contribution in [0.5, 0.6) is 0 Å². The molecule has 0 unspecified atom stereocenters. The van der Waals surface area contributed by atoms with Gasteiger partial charge in [0, 0.05) is 15.1 Å². The minimum atomic E-state index is -0.104. The molecule has 0 aromatic carbocycles. The lowest BCUT2D eigenvalue weighted by molar-refractivity contribution is 0.102. The Labute approximate surface area is 111 Å². The van der Waals surface area contributed by atoms with Crippen LogP contribution in [0.2, 0.25) is 0 Å². The zero-order chi connectivity index (χ0) is 11.5. The Morgan fingerprint density at radius 2 is 2.25 bits per heavy atom. The molecule has 0 saturated heterocycles. The molecular formula is C11H9IN2OS. The summed E-state index contributed by atoms with van der Waals surface area (Å²) in [5.41, 5.74) is 1.71. The van der Waals surface area contributed by atoms with Gasteiger partial charge in [-0.25, -0.2) is 4.98 Å². The second-order valence-corrected chi connectivity index (χ2v) is 5.27. The van der Waals surface area contributed by atoms with Gasteiger partial charge in [-0.05, 0) is 52.6 Å². The third-order valence-corrected chi connectivity index (χ3v) is 3.57. The highest BCUT2D eigenvalue weighted by atomic mass is 127. The second-order valence-electron chi connectivity index (χ2n) is 3.28. The quantitative estimate of drug-likeness (QED) is 0.850. The highest BCUT2D eigenvalue weighted by molar-refractivity contribution is 14.1. The number of pyridine rings is 1. The van der Waals surface area contributed by atoms with Crippen LogP contribution in [0.25, 0.3) is 0 Å². The first-order chi connectivity index (χ1) is 7.66. The summed E-state index contributed by atoms with van der Waals surface area (Å²) >= 11 is 3.70. The standard InChI is InChI=1S/C11H9IN2OS/c1-7-5-16-6-9(7)11(15)14-10-3-2-8(12)4-13-10/h2-6H,1H3,(H,13,14,15). The zero-order valence-electron chi connectivity index (χ0n) is 8.53. The number of hydrogen-bond acceptors (Lipinski definition) is 3. The van der Waals surface area contributed by atoms with Crippen molar-refractivity contribution < 1.29 is 4.79 Å². The molecule has 0 aliphatic rings. The molecule has 2 rings (SSSR count). The fourth-order valence-corrected chi connectivity index (χ4v) is 2.37. The van der Waals surface area contributed by atoms with Gasteiger partial charge < -0.3 is 5.32 Å². The summed E-state index contributed by atoms with van der Waals surface area (Å²) < 4.78 is 1.04. The second kappa shape index (κ2) is 4.92. The van der Waals surface area contributed by atoms with Gasteiger partial charge in [-0.2, -0.15) is 11.3 Å². The number of rotatable bonds is 2. The number of halogens is 1. The highest BCUT2D eigenvalue weighted by Crippen LogP contribution is 2.15. The van der Waals surface area contributed by atoms with E-state index in [0.29, 0.717) is 11.4 Å². The number of aromatic nitrogens is 1. The molecule has 2 aromatic rings. The van der Waals surface area contributed by atoms with Crippen LogP contribution < -0.4 is 5.32 Å². The number of carbonyl (C=O) groups is 1. The van der Waals surface area contributed by atoms with E-state index < -0.39 is 0 Å². The van der Waals surface area contributed by atoms with Crippen molar-refractivity contribution in [1.82, 2.24) is 4.98 Å². The summed E-state index contributed by atoms with van der Waals surface area (Å²) in [6.07, 6.45) is 1.72. The van der Waals surface area contributed by atoms with Crippen molar-refractivity contribution in [2.75, 3.05) is 5.32 Å². The van der Waals surface area contributed by atoms with Gasteiger partial charge in [0.2, 0.25) is 0 Å². The van der Waals surface area contributed by atoms with E-state index in [4.69, 9.17) is 0 Å². The van der Waals surface area contributed by atoms with Crippen LogP contribution in [-0.2, 0) is 0 Å². The molecule has 0 bridgehead atoms. The van der Waals surface area contributed by atoms with Gasteiger partial charge in [0.25, 0.3) is 5.91 Å². The molecule has 2 aromatic heterocycles. The van der Waals surface area contributed by atoms with E-state index in [1.165, 1.54) is 11.3 Å². The van der Waals surface area contributed by atoms with E-state index in [-0.39, 0.29) is 5.91 Å². The average molecular weight is 344 g/mol. The largest absolute Gasteiger partial charge is 0.307 e. The van der Waals surface area contributed by atoms with Crippen LogP contribution in [0.3, 0.4) is 0 Å². The van der Waals surface area contributed by atoms with Crippen molar-refractivity contribution in [1.29, 1.82) is 0 Å².